The molecule has 86 valence electrons. The van der Waals surface area contributed by atoms with Crippen molar-refractivity contribution in [3.63, 3.8) is 0 Å². The summed E-state index contributed by atoms with van der Waals surface area (Å²) in [7, 11) is 1.98. The number of phenols is 1. The van der Waals surface area contributed by atoms with Crippen molar-refractivity contribution in [1.82, 2.24) is 4.57 Å². The number of phenolic OH excluding ortho intramolecular Hbond substituents is 1. The lowest BCUT2D eigenvalue weighted by Gasteiger charge is -2.20. The summed E-state index contributed by atoms with van der Waals surface area (Å²) in [6, 6.07) is 5.47. The Balaban J connectivity index is 2.94. The Hall–Kier alpha value is -1.15. The normalized spacial score (nSPS) is 12.3. The lowest BCUT2D eigenvalue weighted by atomic mass is 9.92. The summed E-state index contributed by atoms with van der Waals surface area (Å²) < 4.78 is 2.05. The molecule has 1 aromatic heterocycles. The zero-order chi connectivity index (χ0) is 12.1. The molecule has 0 saturated carbocycles. The minimum atomic E-state index is -0.0444. The second-order valence-electron chi connectivity index (χ2n) is 5.14. The van der Waals surface area contributed by atoms with Gasteiger partial charge in [-0.2, -0.15) is 0 Å². The van der Waals surface area contributed by atoms with Crippen molar-refractivity contribution >= 4 is 22.5 Å². The SMILES string of the molecule is Cn1c(C(C)(C)C)c(Cl)c2c(O)cccc21. The van der Waals surface area contributed by atoms with Crippen molar-refractivity contribution in [3.8, 4) is 5.75 Å². The molecule has 3 heteroatoms. The molecular weight excluding hydrogens is 222 g/mol. The molecule has 0 aliphatic heterocycles. The van der Waals surface area contributed by atoms with Gasteiger partial charge in [-0.3, -0.25) is 0 Å². The van der Waals surface area contributed by atoms with E-state index in [1.54, 1.807) is 6.07 Å². The Morgan fingerprint density at radius 3 is 2.38 bits per heavy atom. The number of aromatic hydroxyl groups is 1. The minimum absolute atomic E-state index is 0.0444. The molecule has 0 saturated heterocycles. The van der Waals surface area contributed by atoms with Crippen LogP contribution in [0.3, 0.4) is 0 Å². The van der Waals surface area contributed by atoms with Gasteiger partial charge in [-0.25, -0.2) is 0 Å². The van der Waals surface area contributed by atoms with Gasteiger partial charge in [-0.1, -0.05) is 38.4 Å². The number of aryl methyl sites for hydroxylation is 1. The summed E-state index contributed by atoms with van der Waals surface area (Å²) in [4.78, 5) is 0. The molecule has 0 atom stereocenters. The molecule has 0 amide bonds. The third kappa shape index (κ3) is 1.49. The van der Waals surface area contributed by atoms with Gasteiger partial charge < -0.3 is 9.67 Å². The van der Waals surface area contributed by atoms with Crippen molar-refractivity contribution in [3.05, 3.63) is 28.9 Å². The van der Waals surface area contributed by atoms with Crippen LogP contribution in [-0.2, 0) is 12.5 Å². The summed E-state index contributed by atoms with van der Waals surface area (Å²) in [6.45, 7) is 6.35. The van der Waals surface area contributed by atoms with Gasteiger partial charge in [0.25, 0.3) is 0 Å². The van der Waals surface area contributed by atoms with Crippen molar-refractivity contribution < 1.29 is 5.11 Å². The molecule has 1 aromatic carbocycles. The number of hydrogen-bond donors (Lipinski definition) is 1. The standard InChI is InChI=1S/C13H16ClNO/c1-13(2,3)12-11(14)10-8(15(12)4)6-5-7-9(10)16/h5-7,16H,1-4H3. The van der Waals surface area contributed by atoms with E-state index in [1.807, 2.05) is 19.2 Å². The fraction of sp³-hybridized carbons (Fsp3) is 0.385. The van der Waals surface area contributed by atoms with Crippen LogP contribution < -0.4 is 0 Å². The van der Waals surface area contributed by atoms with Crippen LogP contribution in [0.25, 0.3) is 10.9 Å². The first-order valence-corrected chi connectivity index (χ1v) is 5.68. The Kier molecular flexibility index (Phi) is 2.43. The smallest absolute Gasteiger partial charge is 0.126 e. The van der Waals surface area contributed by atoms with E-state index >= 15 is 0 Å². The second-order valence-corrected chi connectivity index (χ2v) is 5.52. The number of nitrogens with zero attached hydrogens (tertiary/aromatic N) is 1. The van der Waals surface area contributed by atoms with Gasteiger partial charge in [0.1, 0.15) is 5.75 Å². The zero-order valence-corrected chi connectivity index (χ0v) is 10.8. The molecule has 2 aromatic rings. The van der Waals surface area contributed by atoms with Crippen LogP contribution in [0, 0.1) is 0 Å². The van der Waals surface area contributed by atoms with Crippen LogP contribution in [0.5, 0.6) is 5.75 Å². The van der Waals surface area contributed by atoms with E-state index in [0.29, 0.717) is 5.02 Å². The van der Waals surface area contributed by atoms with Gasteiger partial charge in [0.05, 0.1) is 15.9 Å². The van der Waals surface area contributed by atoms with Crippen LogP contribution in [0.15, 0.2) is 18.2 Å². The first-order chi connectivity index (χ1) is 7.34. The third-order valence-corrected chi connectivity index (χ3v) is 3.22. The molecule has 0 unspecified atom stereocenters. The Bertz CT molecular complexity index is 549. The predicted octanol–water partition coefficient (Wildman–Crippen LogP) is 3.83. The highest BCUT2D eigenvalue weighted by molar-refractivity contribution is 6.37. The van der Waals surface area contributed by atoms with E-state index in [9.17, 15) is 5.11 Å². The van der Waals surface area contributed by atoms with Crippen molar-refractivity contribution in [2.45, 2.75) is 26.2 Å². The molecule has 16 heavy (non-hydrogen) atoms. The van der Waals surface area contributed by atoms with Gasteiger partial charge in [-0.05, 0) is 12.1 Å². The first kappa shape index (κ1) is 11.3. The van der Waals surface area contributed by atoms with E-state index < -0.39 is 0 Å². The molecule has 0 radical (unpaired) electrons. The lowest BCUT2D eigenvalue weighted by molar-refractivity contribution is 0.481. The van der Waals surface area contributed by atoms with Crippen LogP contribution in [0.4, 0.5) is 0 Å². The topological polar surface area (TPSA) is 25.2 Å². The molecule has 1 N–H and O–H groups in total. The summed E-state index contributed by atoms with van der Waals surface area (Å²) in [5.41, 5.74) is 1.97. The van der Waals surface area contributed by atoms with Crippen molar-refractivity contribution in [2.75, 3.05) is 0 Å². The summed E-state index contributed by atoms with van der Waals surface area (Å²) >= 11 is 6.37. The lowest BCUT2D eigenvalue weighted by Crippen LogP contribution is -2.16. The average molecular weight is 238 g/mol. The molecule has 0 aliphatic carbocycles. The average Bonchev–Trinajstić information content (AvgIpc) is 2.39. The maximum atomic E-state index is 9.86. The van der Waals surface area contributed by atoms with E-state index in [2.05, 4.69) is 25.3 Å². The van der Waals surface area contributed by atoms with E-state index in [0.717, 1.165) is 16.6 Å². The maximum Gasteiger partial charge on any atom is 0.126 e. The second kappa shape index (κ2) is 3.42. The molecule has 0 spiro atoms. The fourth-order valence-electron chi connectivity index (χ4n) is 2.25. The summed E-state index contributed by atoms with van der Waals surface area (Å²) in [5.74, 6) is 0.244. The fourth-order valence-corrected chi connectivity index (χ4v) is 2.85. The number of hydrogen-bond acceptors (Lipinski definition) is 1. The summed E-state index contributed by atoms with van der Waals surface area (Å²) in [6.07, 6.45) is 0. The number of aromatic nitrogens is 1. The van der Waals surface area contributed by atoms with Crippen LogP contribution >= 0.6 is 11.6 Å². The van der Waals surface area contributed by atoms with Gasteiger partial charge in [-0.15, -0.1) is 0 Å². The maximum absolute atomic E-state index is 9.86. The third-order valence-electron chi connectivity index (χ3n) is 2.86. The van der Waals surface area contributed by atoms with E-state index in [1.165, 1.54) is 0 Å². The van der Waals surface area contributed by atoms with Gasteiger partial charge >= 0.3 is 0 Å². The van der Waals surface area contributed by atoms with Gasteiger partial charge in [0.2, 0.25) is 0 Å². The molecular formula is C13H16ClNO. The van der Waals surface area contributed by atoms with Crippen LogP contribution in [-0.4, -0.2) is 9.67 Å². The number of halogens is 1. The van der Waals surface area contributed by atoms with Gasteiger partial charge in [0, 0.05) is 18.2 Å². The molecule has 1 heterocycles. The zero-order valence-electron chi connectivity index (χ0n) is 10.0. The number of rotatable bonds is 0. The molecule has 2 nitrogen and oxygen atoms in total. The highest BCUT2D eigenvalue weighted by Crippen LogP contribution is 2.40. The van der Waals surface area contributed by atoms with Gasteiger partial charge in [0.15, 0.2) is 0 Å². The Morgan fingerprint density at radius 1 is 1.25 bits per heavy atom. The first-order valence-electron chi connectivity index (χ1n) is 5.30. The monoisotopic (exact) mass is 237 g/mol. The molecule has 0 bridgehead atoms. The predicted molar refractivity (Wildman–Crippen MR) is 68.3 cm³/mol. The van der Waals surface area contributed by atoms with Crippen LogP contribution in [0.2, 0.25) is 5.02 Å². The minimum Gasteiger partial charge on any atom is -0.507 e. The number of fused-ring (bicyclic) bond motifs is 1. The molecule has 2 rings (SSSR count). The quantitative estimate of drug-likeness (QED) is 0.740. The highest BCUT2D eigenvalue weighted by atomic mass is 35.5. The summed E-state index contributed by atoms with van der Waals surface area (Å²) in [5, 5.41) is 11.3. The Labute approximate surface area is 100 Å². The molecule has 0 aliphatic rings. The largest absolute Gasteiger partial charge is 0.507 e. The number of benzene rings is 1. The Morgan fingerprint density at radius 2 is 1.88 bits per heavy atom. The highest BCUT2D eigenvalue weighted by Gasteiger charge is 2.25. The van der Waals surface area contributed by atoms with Crippen molar-refractivity contribution in [2.24, 2.45) is 7.05 Å². The van der Waals surface area contributed by atoms with Crippen molar-refractivity contribution in [1.29, 1.82) is 0 Å². The molecule has 0 fully saturated rings. The van der Waals surface area contributed by atoms with E-state index in [-0.39, 0.29) is 11.2 Å². The van der Waals surface area contributed by atoms with Crippen LogP contribution in [0.1, 0.15) is 26.5 Å². The van der Waals surface area contributed by atoms with E-state index in [4.69, 9.17) is 11.6 Å².